The van der Waals surface area contributed by atoms with Crippen LogP contribution in [0.1, 0.15) is 37.7 Å². The summed E-state index contributed by atoms with van der Waals surface area (Å²) in [6.45, 7) is 1.32. The second-order valence-corrected chi connectivity index (χ2v) is 8.26. The quantitative estimate of drug-likeness (QED) is 0.917. The number of anilines is 1. The lowest BCUT2D eigenvalue weighted by molar-refractivity contribution is -0.0511. The number of benzene rings is 1. The highest BCUT2D eigenvalue weighted by Gasteiger charge is 2.37. The van der Waals surface area contributed by atoms with Crippen LogP contribution in [0.4, 0.5) is 14.5 Å². The second-order valence-electron chi connectivity index (χ2n) is 6.70. The van der Waals surface area contributed by atoms with Gasteiger partial charge in [-0.15, -0.1) is 0 Å². The molecule has 1 atom stereocenters. The Morgan fingerprint density at radius 1 is 1.30 bits per heavy atom. The number of halogens is 2. The average molecular weight is 344 g/mol. The molecule has 23 heavy (non-hydrogen) atoms. The number of hydrogen-bond donors (Lipinski definition) is 1. The third-order valence-electron chi connectivity index (χ3n) is 4.82. The molecular formula is C16H22F2N2O2S. The number of rotatable bonds is 3. The standard InChI is InChI=1S/C16H22F2N2O2S/c17-16(18)7-1-3-12(10-16)11-20-8-2-4-13-5-6-14(9-15(13)20)23(19,21)22/h5-6,9,12H,1-4,7-8,10-11H2,(H2,19,21,22). The van der Waals surface area contributed by atoms with Crippen LogP contribution >= 0.6 is 0 Å². The third-order valence-corrected chi connectivity index (χ3v) is 5.73. The number of nitrogens with two attached hydrogens (primary N) is 1. The van der Waals surface area contributed by atoms with Crippen LogP contribution in [-0.4, -0.2) is 27.4 Å². The maximum atomic E-state index is 13.6. The van der Waals surface area contributed by atoms with E-state index in [9.17, 15) is 17.2 Å². The van der Waals surface area contributed by atoms with Crippen molar-refractivity contribution in [3.63, 3.8) is 0 Å². The first-order valence-electron chi connectivity index (χ1n) is 8.03. The Morgan fingerprint density at radius 3 is 2.78 bits per heavy atom. The Balaban J connectivity index is 1.83. The fourth-order valence-electron chi connectivity index (χ4n) is 3.74. The normalized spacial score (nSPS) is 24.3. The summed E-state index contributed by atoms with van der Waals surface area (Å²) in [6, 6.07) is 4.90. The molecule has 1 aromatic carbocycles. The molecule has 0 amide bonds. The molecule has 1 aromatic rings. The first-order chi connectivity index (χ1) is 10.7. The van der Waals surface area contributed by atoms with Crippen LogP contribution in [0, 0.1) is 5.92 Å². The lowest BCUT2D eigenvalue weighted by Gasteiger charge is -2.37. The lowest BCUT2D eigenvalue weighted by atomic mass is 9.85. The van der Waals surface area contributed by atoms with Crippen molar-refractivity contribution in [3.8, 4) is 0 Å². The van der Waals surface area contributed by atoms with Gasteiger partial charge in [0.05, 0.1) is 4.90 Å². The molecule has 1 saturated carbocycles. The molecule has 1 aliphatic carbocycles. The van der Waals surface area contributed by atoms with Gasteiger partial charge < -0.3 is 4.90 Å². The van der Waals surface area contributed by atoms with Gasteiger partial charge in [-0.1, -0.05) is 6.07 Å². The zero-order valence-electron chi connectivity index (χ0n) is 13.0. The first-order valence-corrected chi connectivity index (χ1v) is 9.58. The monoisotopic (exact) mass is 344 g/mol. The molecular weight excluding hydrogens is 322 g/mol. The summed E-state index contributed by atoms with van der Waals surface area (Å²) in [7, 11) is -3.76. The van der Waals surface area contributed by atoms with E-state index in [4.69, 9.17) is 5.14 Å². The van der Waals surface area contributed by atoms with Crippen LogP contribution in [0.5, 0.6) is 0 Å². The zero-order valence-corrected chi connectivity index (χ0v) is 13.8. The predicted molar refractivity (Wildman–Crippen MR) is 85.3 cm³/mol. The van der Waals surface area contributed by atoms with E-state index in [1.807, 2.05) is 0 Å². The molecule has 7 heteroatoms. The van der Waals surface area contributed by atoms with Gasteiger partial charge in [-0.05, 0) is 49.3 Å². The Kier molecular flexibility index (Phi) is 4.35. The van der Waals surface area contributed by atoms with Crippen LogP contribution in [0.15, 0.2) is 23.1 Å². The van der Waals surface area contributed by atoms with Gasteiger partial charge in [0.25, 0.3) is 0 Å². The smallest absolute Gasteiger partial charge is 0.248 e. The van der Waals surface area contributed by atoms with Crippen molar-refractivity contribution in [2.75, 3.05) is 18.0 Å². The van der Waals surface area contributed by atoms with E-state index in [0.29, 0.717) is 13.0 Å². The van der Waals surface area contributed by atoms with Crippen molar-refractivity contribution >= 4 is 15.7 Å². The van der Waals surface area contributed by atoms with Crippen LogP contribution in [-0.2, 0) is 16.4 Å². The highest BCUT2D eigenvalue weighted by atomic mass is 32.2. The van der Waals surface area contributed by atoms with Gasteiger partial charge in [0.2, 0.25) is 15.9 Å². The van der Waals surface area contributed by atoms with E-state index in [1.54, 1.807) is 12.1 Å². The minimum absolute atomic E-state index is 0.0182. The van der Waals surface area contributed by atoms with E-state index < -0.39 is 15.9 Å². The molecule has 2 N–H and O–H groups in total. The molecule has 0 bridgehead atoms. The lowest BCUT2D eigenvalue weighted by Crippen LogP contribution is -2.38. The van der Waals surface area contributed by atoms with Crippen LogP contribution < -0.4 is 10.0 Å². The number of alkyl halides is 2. The minimum atomic E-state index is -3.76. The maximum absolute atomic E-state index is 13.6. The fourth-order valence-corrected chi connectivity index (χ4v) is 4.27. The molecule has 1 aliphatic heterocycles. The number of primary sulfonamides is 1. The molecule has 128 valence electrons. The van der Waals surface area contributed by atoms with Crippen molar-refractivity contribution in [2.24, 2.45) is 11.1 Å². The molecule has 3 rings (SSSR count). The predicted octanol–water partition coefficient (Wildman–Crippen LogP) is 2.91. The first kappa shape index (κ1) is 16.6. The second kappa shape index (κ2) is 6.02. The molecule has 0 aromatic heterocycles. The fraction of sp³-hybridized carbons (Fsp3) is 0.625. The van der Waals surface area contributed by atoms with Crippen molar-refractivity contribution < 1.29 is 17.2 Å². The average Bonchev–Trinajstić information content (AvgIpc) is 2.45. The van der Waals surface area contributed by atoms with Crippen LogP contribution in [0.3, 0.4) is 0 Å². The molecule has 2 aliphatic rings. The Labute approximate surface area is 135 Å². The van der Waals surface area contributed by atoms with Gasteiger partial charge in [0.1, 0.15) is 0 Å². The number of fused-ring (bicyclic) bond motifs is 1. The van der Waals surface area contributed by atoms with E-state index in [-0.39, 0.29) is 23.7 Å². The molecule has 1 fully saturated rings. The van der Waals surface area contributed by atoms with E-state index >= 15 is 0 Å². The maximum Gasteiger partial charge on any atom is 0.248 e. The SMILES string of the molecule is NS(=O)(=O)c1ccc2c(c1)N(CC1CCCC(F)(F)C1)CCC2. The number of nitrogens with zero attached hydrogens (tertiary/aromatic N) is 1. The summed E-state index contributed by atoms with van der Waals surface area (Å²) in [4.78, 5) is 2.14. The Bertz CT molecular complexity index is 691. The topological polar surface area (TPSA) is 63.4 Å². The Morgan fingerprint density at radius 2 is 2.09 bits per heavy atom. The summed E-state index contributed by atoms with van der Waals surface area (Å²) >= 11 is 0. The van der Waals surface area contributed by atoms with Crippen molar-refractivity contribution in [2.45, 2.75) is 49.3 Å². The molecule has 4 nitrogen and oxygen atoms in total. The molecule has 0 radical (unpaired) electrons. The number of sulfonamides is 1. The van der Waals surface area contributed by atoms with Gasteiger partial charge in [0.15, 0.2) is 0 Å². The van der Waals surface area contributed by atoms with Crippen molar-refractivity contribution in [1.82, 2.24) is 0 Å². The zero-order chi connectivity index (χ0) is 16.7. The highest BCUT2D eigenvalue weighted by Crippen LogP contribution is 2.38. The summed E-state index contributed by atoms with van der Waals surface area (Å²) in [5, 5.41) is 5.21. The van der Waals surface area contributed by atoms with Gasteiger partial charge in [-0.3, -0.25) is 0 Å². The van der Waals surface area contributed by atoms with E-state index in [2.05, 4.69) is 4.90 Å². The molecule has 1 unspecified atom stereocenters. The van der Waals surface area contributed by atoms with Gasteiger partial charge in [0, 0.05) is 31.6 Å². The molecule has 0 spiro atoms. The van der Waals surface area contributed by atoms with E-state index in [1.165, 1.54) is 6.07 Å². The van der Waals surface area contributed by atoms with Gasteiger partial charge in [-0.2, -0.15) is 0 Å². The highest BCUT2D eigenvalue weighted by molar-refractivity contribution is 7.89. The molecule has 1 heterocycles. The largest absolute Gasteiger partial charge is 0.371 e. The summed E-state index contributed by atoms with van der Waals surface area (Å²) in [5.74, 6) is -2.62. The van der Waals surface area contributed by atoms with Crippen molar-refractivity contribution in [1.29, 1.82) is 0 Å². The van der Waals surface area contributed by atoms with Gasteiger partial charge in [-0.25, -0.2) is 22.3 Å². The summed E-state index contributed by atoms with van der Waals surface area (Å²) < 4.78 is 50.3. The third kappa shape index (κ3) is 3.83. The Hall–Kier alpha value is -1.21. The molecule has 0 saturated heterocycles. The summed E-state index contributed by atoms with van der Waals surface area (Å²) in [5.41, 5.74) is 1.89. The van der Waals surface area contributed by atoms with Gasteiger partial charge >= 0.3 is 0 Å². The summed E-state index contributed by atoms with van der Waals surface area (Å²) in [6.07, 6.45) is 3.08. The van der Waals surface area contributed by atoms with Crippen LogP contribution in [0.25, 0.3) is 0 Å². The van der Waals surface area contributed by atoms with Crippen LogP contribution in [0.2, 0.25) is 0 Å². The number of aryl methyl sites for hydroxylation is 1. The van der Waals surface area contributed by atoms with E-state index in [0.717, 1.165) is 37.1 Å². The van der Waals surface area contributed by atoms with Crippen molar-refractivity contribution in [3.05, 3.63) is 23.8 Å². The minimum Gasteiger partial charge on any atom is -0.371 e. The number of hydrogen-bond acceptors (Lipinski definition) is 3.